The molecule has 0 fully saturated rings. The molecule has 1 rings (SSSR count). The minimum atomic E-state index is -0.667. The van der Waals surface area contributed by atoms with Gasteiger partial charge in [-0.1, -0.05) is 48.4 Å². The predicted octanol–water partition coefficient (Wildman–Crippen LogP) is 2.08. The molecule has 13 heavy (non-hydrogen) atoms. The molecule has 0 radical (unpaired) electrons. The van der Waals surface area contributed by atoms with E-state index in [1.54, 1.807) is 0 Å². The Bertz CT molecular complexity index is 306. The number of hydrogen-bond donors (Lipinski definition) is 1. The van der Waals surface area contributed by atoms with Crippen LogP contribution in [-0.2, 0) is 0 Å². The normalized spacial score (nSPS) is 12.6. The van der Waals surface area contributed by atoms with Crippen molar-refractivity contribution in [2.75, 3.05) is 0 Å². The minimum Gasteiger partial charge on any atom is -0.380 e. The Hall–Kier alpha value is -1.52. The van der Waals surface area contributed by atoms with Crippen LogP contribution in [0.2, 0.25) is 0 Å². The Labute approximate surface area is 78.7 Å². The Kier molecular flexibility index (Phi) is 3.81. The van der Waals surface area contributed by atoms with Crippen LogP contribution in [0.1, 0.15) is 12.0 Å². The number of terminal acetylenes is 1. The average Bonchev–Trinajstić information content (AvgIpc) is 2.19. The molecule has 0 aliphatic carbocycles. The molecule has 1 aromatic rings. The van der Waals surface area contributed by atoms with Gasteiger partial charge in [0.2, 0.25) is 0 Å². The third-order valence-corrected chi connectivity index (χ3v) is 1.66. The Morgan fingerprint density at radius 1 is 1.38 bits per heavy atom. The van der Waals surface area contributed by atoms with Gasteiger partial charge in [0, 0.05) is 6.42 Å². The molecule has 0 aliphatic rings. The summed E-state index contributed by atoms with van der Waals surface area (Å²) in [6, 6.07) is 9.90. The van der Waals surface area contributed by atoms with Crippen LogP contribution in [0.15, 0.2) is 36.4 Å². The number of rotatable bonds is 3. The molecule has 1 aromatic carbocycles. The highest BCUT2D eigenvalue weighted by Gasteiger charge is 1.92. The van der Waals surface area contributed by atoms with Crippen LogP contribution in [0.4, 0.5) is 0 Å². The van der Waals surface area contributed by atoms with Crippen molar-refractivity contribution in [1.29, 1.82) is 0 Å². The molecule has 1 N–H and O–H groups in total. The highest BCUT2D eigenvalue weighted by molar-refractivity contribution is 5.48. The van der Waals surface area contributed by atoms with Gasteiger partial charge in [-0.15, -0.1) is 6.42 Å². The van der Waals surface area contributed by atoms with E-state index in [-0.39, 0.29) is 0 Å². The fourth-order valence-electron chi connectivity index (χ4n) is 0.965. The maximum atomic E-state index is 9.05. The molecule has 66 valence electrons. The summed E-state index contributed by atoms with van der Waals surface area (Å²) >= 11 is 0. The van der Waals surface area contributed by atoms with Gasteiger partial charge in [-0.25, -0.2) is 0 Å². The molecule has 0 bridgehead atoms. The molecule has 1 nitrogen and oxygen atoms in total. The first-order valence-electron chi connectivity index (χ1n) is 4.18. The number of aliphatic hydroxyl groups excluding tert-OH is 1. The summed E-state index contributed by atoms with van der Waals surface area (Å²) in [6.45, 7) is 0. The van der Waals surface area contributed by atoms with Crippen molar-refractivity contribution in [3.63, 3.8) is 0 Å². The van der Waals surface area contributed by atoms with E-state index in [0.717, 1.165) is 5.56 Å². The van der Waals surface area contributed by atoms with Crippen molar-refractivity contribution in [2.45, 2.75) is 12.5 Å². The molecule has 0 amide bonds. The summed E-state index contributed by atoms with van der Waals surface area (Å²) in [5.41, 5.74) is 1.12. The van der Waals surface area contributed by atoms with Crippen LogP contribution in [0, 0.1) is 12.3 Å². The van der Waals surface area contributed by atoms with E-state index in [4.69, 9.17) is 11.5 Å². The average molecular weight is 172 g/mol. The number of hydrogen-bond acceptors (Lipinski definition) is 1. The van der Waals surface area contributed by atoms with Gasteiger partial charge < -0.3 is 5.11 Å². The molecule has 0 spiro atoms. The number of aliphatic hydroxyl groups is 1. The summed E-state index contributed by atoms with van der Waals surface area (Å²) in [4.78, 5) is 0. The summed E-state index contributed by atoms with van der Waals surface area (Å²) in [6.07, 6.45) is 8.68. The van der Waals surface area contributed by atoms with E-state index >= 15 is 0 Å². The molecule has 1 heteroatoms. The molecule has 0 aliphatic heterocycles. The lowest BCUT2D eigenvalue weighted by Crippen LogP contribution is -1.98. The highest BCUT2D eigenvalue weighted by Crippen LogP contribution is 2.02. The number of benzene rings is 1. The van der Waals surface area contributed by atoms with Gasteiger partial charge >= 0.3 is 0 Å². The fourth-order valence-corrected chi connectivity index (χ4v) is 0.965. The maximum Gasteiger partial charge on any atom is 0.117 e. The molecule has 0 aromatic heterocycles. The third kappa shape index (κ3) is 3.59. The van der Waals surface area contributed by atoms with Crippen molar-refractivity contribution < 1.29 is 5.11 Å². The van der Waals surface area contributed by atoms with Crippen molar-refractivity contribution in [1.82, 2.24) is 0 Å². The zero-order chi connectivity index (χ0) is 9.52. The first-order chi connectivity index (χ1) is 6.33. The molecular formula is C12H12O. The van der Waals surface area contributed by atoms with E-state index in [1.165, 1.54) is 0 Å². The van der Waals surface area contributed by atoms with E-state index in [9.17, 15) is 0 Å². The van der Waals surface area contributed by atoms with Gasteiger partial charge in [-0.2, -0.15) is 0 Å². The van der Waals surface area contributed by atoms with Crippen molar-refractivity contribution >= 4 is 6.08 Å². The lowest BCUT2D eigenvalue weighted by Gasteiger charge is -1.96. The van der Waals surface area contributed by atoms with E-state index in [0.29, 0.717) is 6.42 Å². The molecule has 0 heterocycles. The van der Waals surface area contributed by atoms with Crippen molar-refractivity contribution in [3.8, 4) is 12.3 Å². The van der Waals surface area contributed by atoms with Crippen molar-refractivity contribution in [3.05, 3.63) is 42.0 Å². The Morgan fingerprint density at radius 3 is 2.69 bits per heavy atom. The third-order valence-electron chi connectivity index (χ3n) is 1.66. The Morgan fingerprint density at radius 2 is 2.08 bits per heavy atom. The molecule has 0 saturated carbocycles. The van der Waals surface area contributed by atoms with E-state index < -0.39 is 6.10 Å². The van der Waals surface area contributed by atoms with Crippen molar-refractivity contribution in [2.24, 2.45) is 0 Å². The first-order valence-corrected chi connectivity index (χ1v) is 4.18. The smallest absolute Gasteiger partial charge is 0.117 e. The lowest BCUT2D eigenvalue weighted by atomic mass is 10.2. The van der Waals surface area contributed by atoms with Gasteiger partial charge in [-0.3, -0.25) is 0 Å². The molecule has 1 atom stereocenters. The zero-order valence-electron chi connectivity index (χ0n) is 7.35. The first kappa shape index (κ1) is 9.57. The van der Waals surface area contributed by atoms with Gasteiger partial charge in [0.1, 0.15) is 6.10 Å². The quantitative estimate of drug-likeness (QED) is 0.692. The second-order valence-electron chi connectivity index (χ2n) is 2.73. The molecule has 1 unspecified atom stereocenters. The highest BCUT2D eigenvalue weighted by atomic mass is 16.3. The monoisotopic (exact) mass is 172 g/mol. The van der Waals surface area contributed by atoms with Gasteiger partial charge in [0.15, 0.2) is 0 Å². The summed E-state index contributed by atoms with van der Waals surface area (Å²) < 4.78 is 0. The Balaban J connectivity index is 2.47. The second kappa shape index (κ2) is 5.18. The SMILES string of the molecule is C#CC(O)C/C=C/c1ccccc1. The fraction of sp³-hybridized carbons (Fsp3) is 0.167. The van der Waals surface area contributed by atoms with Crippen LogP contribution < -0.4 is 0 Å². The van der Waals surface area contributed by atoms with E-state index in [1.807, 2.05) is 42.5 Å². The standard InChI is InChI=1S/C12H12O/c1-2-12(13)10-6-9-11-7-4-3-5-8-11/h1,3-9,12-13H,10H2/b9-6+. The largest absolute Gasteiger partial charge is 0.380 e. The van der Waals surface area contributed by atoms with Crippen LogP contribution in [-0.4, -0.2) is 11.2 Å². The van der Waals surface area contributed by atoms with Crippen LogP contribution >= 0.6 is 0 Å². The van der Waals surface area contributed by atoms with Crippen LogP contribution in [0.25, 0.3) is 6.08 Å². The van der Waals surface area contributed by atoms with E-state index in [2.05, 4.69) is 5.92 Å². The van der Waals surface area contributed by atoms with Crippen LogP contribution in [0.3, 0.4) is 0 Å². The molecule has 0 saturated heterocycles. The minimum absolute atomic E-state index is 0.505. The lowest BCUT2D eigenvalue weighted by molar-refractivity contribution is 0.237. The van der Waals surface area contributed by atoms with Gasteiger partial charge in [0.25, 0.3) is 0 Å². The topological polar surface area (TPSA) is 20.2 Å². The maximum absolute atomic E-state index is 9.05. The van der Waals surface area contributed by atoms with Crippen LogP contribution in [0.5, 0.6) is 0 Å². The zero-order valence-corrected chi connectivity index (χ0v) is 7.35. The van der Waals surface area contributed by atoms with Gasteiger partial charge in [-0.05, 0) is 5.56 Å². The summed E-state index contributed by atoms with van der Waals surface area (Å²) in [7, 11) is 0. The second-order valence-corrected chi connectivity index (χ2v) is 2.73. The summed E-state index contributed by atoms with van der Waals surface area (Å²) in [5, 5.41) is 9.05. The molecular weight excluding hydrogens is 160 g/mol. The summed E-state index contributed by atoms with van der Waals surface area (Å²) in [5.74, 6) is 2.26. The van der Waals surface area contributed by atoms with Gasteiger partial charge in [0.05, 0.1) is 0 Å². The predicted molar refractivity (Wildman–Crippen MR) is 54.9 cm³/mol.